The molecule has 0 aromatic rings. The van der Waals surface area contributed by atoms with Crippen molar-refractivity contribution in [1.29, 1.82) is 0 Å². The van der Waals surface area contributed by atoms with Gasteiger partial charge in [0.05, 0.1) is 105 Å². The molecule has 0 aromatic carbocycles. The average molecular weight is 2100 g/mol. The van der Waals surface area contributed by atoms with Crippen molar-refractivity contribution in [2.75, 3.05) is 39.6 Å². The number of alkyl halides is 1. The Morgan fingerprint density at radius 1 is 0.241 bits per heavy atom. The number of thioether (sulfide) groups is 1. The molecule has 24 unspecified atom stereocenters. The number of ether oxygens (including phenoxy) is 17. The molecule has 12 aliphatic rings. The number of aliphatic hydroxyl groups excluding tert-OH is 39. The van der Waals surface area contributed by atoms with E-state index in [-0.39, 0.29) is 6.54 Å². The van der Waals surface area contributed by atoms with Gasteiger partial charge in [-0.05, 0) is 50.1 Å². The van der Waals surface area contributed by atoms with E-state index < -0.39 is 400 Å². The number of hydrogen-bond acceptors (Lipinski definition) is 59. The monoisotopic (exact) mass is 2090 g/mol. The van der Waals surface area contributed by atoms with Crippen LogP contribution in [-0.4, -0.2) is 606 Å². The van der Waals surface area contributed by atoms with E-state index in [0.29, 0.717) is 32.1 Å². The molecule has 64 heteroatoms. The zero-order valence-corrected chi connectivity index (χ0v) is 77.1. The highest BCUT2D eigenvalue weighted by Gasteiger charge is 2.58. The molecule has 0 spiro atoms. The lowest BCUT2D eigenvalue weighted by molar-refractivity contribution is -0.375. The molecule has 0 amide bonds. The van der Waals surface area contributed by atoms with Crippen LogP contribution in [0.4, 0.5) is 4.39 Å². The minimum atomic E-state index is -1.74. The van der Waals surface area contributed by atoms with Crippen molar-refractivity contribution in [1.82, 2.24) is 0 Å². The van der Waals surface area contributed by atoms with Crippen LogP contribution >= 0.6 is 11.8 Å². The largest absolute Gasteiger partial charge is 0.395 e. The predicted octanol–water partition coefficient (Wildman–Crippen LogP) is -19.9. The van der Waals surface area contributed by atoms with Crippen LogP contribution in [0.5, 0.6) is 0 Å². The van der Waals surface area contributed by atoms with Crippen LogP contribution in [0.3, 0.4) is 0 Å². The molecule has 0 saturated carbocycles. The first-order chi connectivity index (χ1) is 66.4. The Kier molecular flexibility index (Phi) is 50.5. The highest BCUT2D eigenvalue weighted by atomic mass is 32.2. The first-order valence-electron chi connectivity index (χ1n) is 45.0. The molecular formula is C77H139FN6O56S. The highest BCUT2D eigenvalue weighted by molar-refractivity contribution is 8.00. The Labute approximate surface area is 804 Å². The van der Waals surface area contributed by atoms with Gasteiger partial charge in [0.15, 0.2) is 69.2 Å². The maximum absolute atomic E-state index is 12.8. The van der Waals surface area contributed by atoms with E-state index in [9.17, 15) is 193 Å². The van der Waals surface area contributed by atoms with Gasteiger partial charge in [0.1, 0.15) is 232 Å². The lowest BCUT2D eigenvalue weighted by Gasteiger charge is -2.44. The molecule has 0 aliphatic carbocycles. The minimum Gasteiger partial charge on any atom is -0.395 e. The molecule has 12 rings (SSSR count). The lowest BCUT2D eigenvalue weighted by Crippen LogP contribution is -2.63. The molecule has 60 atom stereocenters. The summed E-state index contributed by atoms with van der Waals surface area (Å²) in [6.07, 6.45) is -79.3. The fraction of sp³-hybridized carbons (Fsp3) is 1.00. The second kappa shape index (κ2) is 57.2. The van der Waals surface area contributed by atoms with Crippen LogP contribution in [-0.2, 0) is 80.5 Å². The number of halogens is 1. The Hall–Kier alpha value is -3.34. The highest BCUT2D eigenvalue weighted by Crippen LogP contribution is 2.40. The van der Waals surface area contributed by atoms with E-state index in [1.165, 1.54) is 6.92 Å². The molecule has 12 heterocycles. The molecule has 12 aliphatic heterocycles. The summed E-state index contributed by atoms with van der Waals surface area (Å²) < 4.78 is 102. The SMILES string of the molecule is CCC1O[C@H](O[C@H]2OC(C)[C@@H](O)[C@H](O)C2O)[C@H](O)C(O)[C@@H]1O.CCC1O[C@H](O[C@H]2OC(CF)[C@@H](O)[C@H](O)C2O)[C@H](O)C(O)[C@@H]1O.CCC1O[C@H](O[C@H]2OC(CN=[N+]=[N-])[C@@H](O)[C@H](O)C2O)[C@H](O)C(O)[C@@H]1O.CCC1O[C@H](O[C@H]2OC(CO)[C@H](O)[C@H](O)C2O)[C@H](O)C(O)[C@@H]1O.CCC1O[C@H](O[C@H]2SC(CO)[C@@H](O)[C@H](O)C2O)[C@H](O)C(O)[C@@H]1O.[N-]=[N+]=N[C@@H]1C(CO)O[C@H](O[C@H]2OC(CO)[C@@H](O)C(O)[C@H]2O)C(O)[C@H]1O. The second-order valence-corrected chi connectivity index (χ2v) is 36.0. The lowest BCUT2D eigenvalue weighted by atomic mass is 9.97. The Morgan fingerprint density at radius 3 is 0.723 bits per heavy atom. The summed E-state index contributed by atoms with van der Waals surface area (Å²) in [6.45, 7) is 6.14. The van der Waals surface area contributed by atoms with Crippen molar-refractivity contribution in [2.45, 2.75) is 440 Å². The van der Waals surface area contributed by atoms with Crippen molar-refractivity contribution in [2.24, 2.45) is 10.2 Å². The van der Waals surface area contributed by atoms with Gasteiger partial charge in [-0.2, -0.15) is 0 Å². The van der Waals surface area contributed by atoms with E-state index >= 15 is 0 Å². The Bertz CT molecular complexity index is 3350. The Morgan fingerprint density at radius 2 is 0.461 bits per heavy atom. The van der Waals surface area contributed by atoms with Crippen LogP contribution in [0.2, 0.25) is 0 Å². The van der Waals surface area contributed by atoms with Gasteiger partial charge < -0.3 is 280 Å². The van der Waals surface area contributed by atoms with Gasteiger partial charge in [-0.25, -0.2) is 4.39 Å². The van der Waals surface area contributed by atoms with Crippen molar-refractivity contribution in [3.63, 3.8) is 0 Å². The molecule has 12 fully saturated rings. The van der Waals surface area contributed by atoms with Gasteiger partial charge in [0, 0.05) is 9.82 Å². The minimum absolute atomic E-state index is 0.313. The van der Waals surface area contributed by atoms with Gasteiger partial charge in [-0.3, -0.25) is 0 Å². The van der Waals surface area contributed by atoms with Crippen LogP contribution in [0, 0.1) is 0 Å². The average Bonchev–Trinajstić information content (AvgIpc) is 0.794. The molecule has 826 valence electrons. The predicted molar refractivity (Wildman–Crippen MR) is 446 cm³/mol. The molecule has 0 radical (unpaired) electrons. The van der Waals surface area contributed by atoms with Crippen LogP contribution in [0.15, 0.2) is 10.2 Å². The quantitative estimate of drug-likeness (QED) is 0.0229. The number of aliphatic hydroxyl groups is 39. The molecule has 0 bridgehead atoms. The number of nitrogens with zero attached hydrogens (tertiary/aromatic N) is 6. The second-order valence-electron chi connectivity index (χ2n) is 34.7. The standard InChI is InChI=1S/C13H23FO9.C13H23N3O9.C13H24O10.C13H24O9S.C13H24O9.C12H21N3O10/c1-2-4-6(15)8(17)10(19)12(21-4)23-13-11(20)9(18)7(16)5(3-14)22-13;1-2-4-6(17)8(19)10(21)12(23-4)25-13-11(22)9(20)7(18)5(24-13)3-15-16-14;1-2-4-6(15)8(17)10(19)12(21-4)23-13-11(20)9(18)7(16)5(3-14)22-13;1-2-4-6(15)8(17)10(19)12(21-4)22-13-11(20)9(18)7(16)5(3-14)23-13;1-3-5-7(15)9(17)11(19)13(21-5)22-12-10(18)8(16)6(14)4(2)20-12;13-15-14-5-3(1-16)23-11(9(21)7(5)19)25-12-10(22)8(20)6(18)4(2-17)24-12/h4-13,15-20H,2-3H2,1H3;4-13,17-22H,2-3H2,1H3;2*4-20H,2-3H2,1H3;4-19H,3H2,1-2H3;3-12,16-22H,1-2H2/t2*4?,5?,6-,7-,8?,9+,10-,11?,12-,13-;4?,5?,6-,7+,8?,9+,10-,11?,12-,13-;4?,5?,6-,7-,8?,9+,10-,11?,12-,13+;4?,5?,6-,7-,8+,9?,10?,11-,12-,13-;3?,4?,5-,6-,7+,8?,9?,10-,11-,12-/m111111/s1. The summed E-state index contributed by atoms with van der Waals surface area (Å²) in [4.78, 5) is 5.03. The molecule has 62 nitrogen and oxygen atoms in total. The third kappa shape index (κ3) is 29.9. The molecular weight excluding hydrogens is 1960 g/mol. The van der Waals surface area contributed by atoms with Crippen LogP contribution < -0.4 is 0 Å². The topological polar surface area (TPSA) is 1040 Å². The van der Waals surface area contributed by atoms with E-state index in [2.05, 4.69) is 20.1 Å². The summed E-state index contributed by atoms with van der Waals surface area (Å²) in [5.41, 5.74) is 15.7. The van der Waals surface area contributed by atoms with Gasteiger partial charge in [-0.15, -0.1) is 11.8 Å². The maximum Gasteiger partial charge on any atom is 0.189 e. The van der Waals surface area contributed by atoms with E-state index in [1.807, 2.05) is 0 Å². The maximum atomic E-state index is 12.8. The smallest absolute Gasteiger partial charge is 0.189 e. The first-order valence-corrected chi connectivity index (χ1v) is 46.0. The van der Waals surface area contributed by atoms with Gasteiger partial charge in [0.25, 0.3) is 0 Å². The van der Waals surface area contributed by atoms with Crippen LogP contribution in [0.25, 0.3) is 20.9 Å². The molecule has 12 saturated heterocycles. The van der Waals surface area contributed by atoms with Crippen LogP contribution in [0.1, 0.15) is 73.6 Å². The third-order valence-corrected chi connectivity index (χ3v) is 26.6. The molecule has 141 heavy (non-hydrogen) atoms. The number of rotatable bonds is 25. The first kappa shape index (κ1) is 125. The summed E-state index contributed by atoms with van der Waals surface area (Å²) in [7, 11) is 0. The summed E-state index contributed by atoms with van der Waals surface area (Å²) in [5.74, 6) is 0. The normalized spacial score (nSPS) is 50.6. The third-order valence-electron chi connectivity index (χ3n) is 25.2. The fourth-order valence-corrected chi connectivity index (χ4v) is 17.4. The van der Waals surface area contributed by atoms with E-state index in [0.717, 1.165) is 11.8 Å². The van der Waals surface area contributed by atoms with Crippen molar-refractivity contribution in [3.8, 4) is 0 Å². The summed E-state index contributed by atoms with van der Waals surface area (Å²) in [5, 5.41) is 386. The summed E-state index contributed by atoms with van der Waals surface area (Å²) in [6, 6.07) is -1.28. The summed E-state index contributed by atoms with van der Waals surface area (Å²) >= 11 is 0.891. The van der Waals surface area contributed by atoms with Gasteiger partial charge in [0.2, 0.25) is 0 Å². The van der Waals surface area contributed by atoms with Gasteiger partial charge >= 0.3 is 0 Å². The number of azide groups is 2. The van der Waals surface area contributed by atoms with Crippen molar-refractivity contribution >= 4 is 11.8 Å². The van der Waals surface area contributed by atoms with E-state index in [4.69, 9.17) is 102 Å². The molecule has 0 aromatic heterocycles. The number of hydrogen-bond donors (Lipinski definition) is 39. The van der Waals surface area contributed by atoms with Gasteiger partial charge in [-0.1, -0.05) is 44.8 Å². The fourth-order valence-electron chi connectivity index (χ4n) is 16.1. The molecule has 39 N–H and O–H groups in total. The van der Waals surface area contributed by atoms with Crippen molar-refractivity contribution < 1.29 is 284 Å². The Balaban J connectivity index is 0.000000230. The van der Waals surface area contributed by atoms with E-state index in [1.54, 1.807) is 34.6 Å². The van der Waals surface area contributed by atoms with Crippen molar-refractivity contribution in [3.05, 3.63) is 20.9 Å². The zero-order chi connectivity index (χ0) is 106. The zero-order valence-electron chi connectivity index (χ0n) is 76.3.